The van der Waals surface area contributed by atoms with Crippen LogP contribution in [-0.4, -0.2) is 41.9 Å². The third-order valence-electron chi connectivity index (χ3n) is 3.84. The first-order valence-electron chi connectivity index (χ1n) is 6.78. The highest BCUT2D eigenvalue weighted by Gasteiger charge is 2.31. The molecule has 21 heavy (non-hydrogen) atoms. The van der Waals surface area contributed by atoms with Gasteiger partial charge in [0.1, 0.15) is 11.3 Å². The number of imidazole rings is 1. The van der Waals surface area contributed by atoms with E-state index in [4.69, 9.17) is 4.74 Å². The molecule has 112 valence electrons. The van der Waals surface area contributed by atoms with E-state index >= 15 is 0 Å². The molecule has 7 heteroatoms. The summed E-state index contributed by atoms with van der Waals surface area (Å²) in [7, 11) is -1.67. The van der Waals surface area contributed by atoms with Gasteiger partial charge in [-0.2, -0.15) is 0 Å². The second kappa shape index (κ2) is 5.14. The highest BCUT2D eigenvalue weighted by molar-refractivity contribution is 7.92. The fourth-order valence-corrected chi connectivity index (χ4v) is 4.60. The number of methoxy groups -OCH3 is 1. The first-order valence-corrected chi connectivity index (χ1v) is 8.49. The van der Waals surface area contributed by atoms with E-state index in [1.165, 1.54) is 7.11 Å². The second-order valence-corrected chi connectivity index (χ2v) is 7.60. The van der Waals surface area contributed by atoms with Gasteiger partial charge < -0.3 is 4.74 Å². The molecule has 0 N–H and O–H groups in total. The minimum absolute atomic E-state index is 0.262. The number of rotatable bonds is 3. The number of aromatic nitrogens is 2. The van der Waals surface area contributed by atoms with Crippen LogP contribution in [0.25, 0.3) is 5.65 Å². The molecule has 1 fully saturated rings. The molecule has 0 aliphatic carbocycles. The van der Waals surface area contributed by atoms with Crippen molar-refractivity contribution in [1.29, 1.82) is 0 Å². The minimum Gasteiger partial charge on any atom is -0.464 e. The van der Waals surface area contributed by atoms with E-state index < -0.39 is 15.8 Å². The van der Waals surface area contributed by atoms with Crippen LogP contribution in [0.5, 0.6) is 0 Å². The van der Waals surface area contributed by atoms with Gasteiger partial charge in [-0.05, 0) is 25.0 Å². The molecule has 1 aliphatic heterocycles. The summed E-state index contributed by atoms with van der Waals surface area (Å²) in [5.74, 6) is -0.184. The van der Waals surface area contributed by atoms with Gasteiger partial charge in [0, 0.05) is 12.6 Å². The van der Waals surface area contributed by atoms with Crippen LogP contribution in [0.1, 0.15) is 29.0 Å². The molecule has 0 aromatic carbocycles. The topological polar surface area (TPSA) is 77.7 Å². The molecule has 1 aliphatic rings. The molecule has 1 unspecified atom stereocenters. The van der Waals surface area contributed by atoms with Crippen molar-refractivity contribution in [2.75, 3.05) is 12.9 Å². The lowest BCUT2D eigenvalue weighted by molar-refractivity contribution is 0.0592. The summed E-state index contributed by atoms with van der Waals surface area (Å²) in [4.78, 5) is 16.1. The lowest BCUT2D eigenvalue weighted by Gasteiger charge is -2.05. The fourth-order valence-electron chi connectivity index (χ4n) is 2.75. The molecule has 3 heterocycles. The van der Waals surface area contributed by atoms with Crippen molar-refractivity contribution < 1.29 is 17.9 Å². The standard InChI is InChI=1S/C14H16N2O4S/c1-20-14(17)12-5-2-6-13-15-10(9-16(12)13)8-11-4-3-7-21(11,18)19/h2,5-6,9,11H,3-4,7-8H2,1H3. The van der Waals surface area contributed by atoms with E-state index in [0.717, 1.165) is 0 Å². The fraction of sp³-hybridized carbons (Fsp3) is 0.429. The summed E-state index contributed by atoms with van der Waals surface area (Å²) in [6, 6.07) is 5.15. The van der Waals surface area contributed by atoms with Gasteiger partial charge in [-0.3, -0.25) is 4.40 Å². The number of hydrogen-bond donors (Lipinski definition) is 0. The van der Waals surface area contributed by atoms with E-state index in [0.29, 0.717) is 36.3 Å². The van der Waals surface area contributed by atoms with Crippen molar-refractivity contribution in [2.45, 2.75) is 24.5 Å². The zero-order valence-electron chi connectivity index (χ0n) is 11.7. The van der Waals surface area contributed by atoms with Crippen molar-refractivity contribution in [3.8, 4) is 0 Å². The number of sulfone groups is 1. The zero-order valence-corrected chi connectivity index (χ0v) is 12.5. The molecule has 1 atom stereocenters. The van der Waals surface area contributed by atoms with Crippen LogP contribution in [-0.2, 0) is 21.0 Å². The predicted molar refractivity (Wildman–Crippen MR) is 77.0 cm³/mol. The molecule has 0 saturated carbocycles. The summed E-state index contributed by atoms with van der Waals surface area (Å²) < 4.78 is 30.2. The van der Waals surface area contributed by atoms with Crippen LogP contribution in [0, 0.1) is 0 Å². The Morgan fingerprint density at radius 2 is 2.29 bits per heavy atom. The molecular formula is C14H16N2O4S. The van der Waals surface area contributed by atoms with Gasteiger partial charge in [-0.1, -0.05) is 6.07 Å². The Hall–Kier alpha value is -1.89. The van der Waals surface area contributed by atoms with Crippen molar-refractivity contribution in [3.63, 3.8) is 0 Å². The van der Waals surface area contributed by atoms with Gasteiger partial charge in [0.15, 0.2) is 9.84 Å². The van der Waals surface area contributed by atoms with Crippen LogP contribution in [0.3, 0.4) is 0 Å². The molecule has 0 radical (unpaired) electrons. The maximum Gasteiger partial charge on any atom is 0.355 e. The molecule has 0 amide bonds. The lowest BCUT2D eigenvalue weighted by atomic mass is 10.2. The number of carbonyl (C=O) groups is 1. The number of ether oxygens (including phenoxy) is 1. The van der Waals surface area contributed by atoms with E-state index in [2.05, 4.69) is 4.98 Å². The molecule has 2 aromatic rings. The number of fused-ring (bicyclic) bond motifs is 1. The zero-order chi connectivity index (χ0) is 15.0. The highest BCUT2D eigenvalue weighted by atomic mass is 32.2. The first kappa shape index (κ1) is 14.1. The largest absolute Gasteiger partial charge is 0.464 e. The van der Waals surface area contributed by atoms with E-state index in [9.17, 15) is 13.2 Å². The maximum absolute atomic E-state index is 11.9. The summed E-state index contributed by atoms with van der Waals surface area (Å²) in [5, 5.41) is -0.357. The van der Waals surface area contributed by atoms with Crippen LogP contribution in [0.4, 0.5) is 0 Å². The van der Waals surface area contributed by atoms with Gasteiger partial charge in [0.05, 0.1) is 23.8 Å². The molecule has 0 bridgehead atoms. The summed E-state index contributed by atoms with van der Waals surface area (Å²) in [5.41, 5.74) is 1.67. The molecule has 2 aromatic heterocycles. The molecule has 1 saturated heterocycles. The van der Waals surface area contributed by atoms with Crippen LogP contribution >= 0.6 is 0 Å². The quantitative estimate of drug-likeness (QED) is 0.797. The number of hydrogen-bond acceptors (Lipinski definition) is 5. The van der Waals surface area contributed by atoms with Gasteiger partial charge >= 0.3 is 5.97 Å². The Balaban J connectivity index is 1.96. The van der Waals surface area contributed by atoms with E-state index in [1.54, 1.807) is 28.8 Å². The van der Waals surface area contributed by atoms with Crippen molar-refractivity contribution in [3.05, 3.63) is 35.8 Å². The third kappa shape index (κ3) is 2.53. The number of pyridine rings is 1. The van der Waals surface area contributed by atoms with E-state index in [-0.39, 0.29) is 11.0 Å². The second-order valence-electron chi connectivity index (χ2n) is 5.20. The smallest absolute Gasteiger partial charge is 0.355 e. The minimum atomic E-state index is -2.99. The lowest BCUT2D eigenvalue weighted by Crippen LogP contribution is -2.18. The summed E-state index contributed by atoms with van der Waals surface area (Å²) in [6.07, 6.45) is 3.51. The van der Waals surface area contributed by atoms with Gasteiger partial charge in [-0.15, -0.1) is 0 Å². The molecule has 0 spiro atoms. The first-order chi connectivity index (χ1) is 10.0. The Morgan fingerprint density at radius 1 is 1.48 bits per heavy atom. The van der Waals surface area contributed by atoms with Crippen LogP contribution in [0.2, 0.25) is 0 Å². The SMILES string of the molecule is COC(=O)c1cccc2nc(CC3CCCS3(=O)=O)cn12. The third-order valence-corrected chi connectivity index (χ3v) is 6.11. The Bertz CT molecular complexity index is 794. The highest BCUT2D eigenvalue weighted by Crippen LogP contribution is 2.23. The van der Waals surface area contributed by atoms with Crippen LogP contribution in [0.15, 0.2) is 24.4 Å². The molecular weight excluding hydrogens is 292 g/mol. The number of nitrogens with zero attached hydrogens (tertiary/aromatic N) is 2. The molecule has 3 rings (SSSR count). The summed E-state index contributed by atoms with van der Waals surface area (Å²) >= 11 is 0. The monoisotopic (exact) mass is 308 g/mol. The normalized spacial score (nSPS) is 20.7. The van der Waals surface area contributed by atoms with Crippen molar-refractivity contribution in [1.82, 2.24) is 9.38 Å². The Morgan fingerprint density at radius 3 is 2.95 bits per heavy atom. The number of esters is 1. The average molecular weight is 308 g/mol. The average Bonchev–Trinajstić information content (AvgIpc) is 3.01. The summed E-state index contributed by atoms with van der Waals surface area (Å²) in [6.45, 7) is 0. The van der Waals surface area contributed by atoms with E-state index in [1.807, 2.05) is 0 Å². The Labute approximate surface area is 122 Å². The number of carbonyl (C=O) groups excluding carboxylic acids is 1. The van der Waals surface area contributed by atoms with Crippen molar-refractivity contribution in [2.24, 2.45) is 0 Å². The van der Waals surface area contributed by atoms with Crippen molar-refractivity contribution >= 4 is 21.5 Å². The maximum atomic E-state index is 11.9. The van der Waals surface area contributed by atoms with Gasteiger partial charge in [0.2, 0.25) is 0 Å². The van der Waals surface area contributed by atoms with Gasteiger partial charge in [0.25, 0.3) is 0 Å². The predicted octanol–water partition coefficient (Wildman–Crippen LogP) is 1.24. The molecule has 6 nitrogen and oxygen atoms in total. The Kier molecular flexibility index (Phi) is 3.44. The van der Waals surface area contributed by atoms with Crippen LogP contribution < -0.4 is 0 Å². The van der Waals surface area contributed by atoms with Gasteiger partial charge in [-0.25, -0.2) is 18.2 Å².